The van der Waals surface area contributed by atoms with E-state index in [9.17, 15) is 27.6 Å². The Morgan fingerprint density at radius 1 is 1.34 bits per heavy atom. The molecule has 0 spiro atoms. The number of carbonyl (C=O) groups excluding carboxylic acids is 3. The summed E-state index contributed by atoms with van der Waals surface area (Å²) in [6.45, 7) is 0.621. The Bertz CT molecular complexity index is 1040. The Labute approximate surface area is 166 Å². The van der Waals surface area contributed by atoms with Crippen LogP contribution in [-0.2, 0) is 21.3 Å². The second-order valence-electron chi connectivity index (χ2n) is 6.35. The van der Waals surface area contributed by atoms with Gasteiger partial charge in [-0.1, -0.05) is 12.1 Å². The van der Waals surface area contributed by atoms with E-state index in [2.05, 4.69) is 10.6 Å². The van der Waals surface area contributed by atoms with E-state index < -0.39 is 41.7 Å². The molecule has 0 bridgehead atoms. The predicted molar refractivity (Wildman–Crippen MR) is 96.7 cm³/mol. The van der Waals surface area contributed by atoms with Crippen molar-refractivity contribution in [3.63, 3.8) is 0 Å². The van der Waals surface area contributed by atoms with Crippen molar-refractivity contribution in [2.75, 3.05) is 11.9 Å². The highest BCUT2D eigenvalue weighted by Gasteiger charge is 2.50. The first-order chi connectivity index (χ1) is 13.6. The first kappa shape index (κ1) is 20.3. The molecule has 2 aromatic rings. The smallest absolute Gasteiger partial charge is 0.319 e. The van der Waals surface area contributed by atoms with E-state index >= 15 is 0 Å². The van der Waals surface area contributed by atoms with E-state index in [-0.39, 0.29) is 16.1 Å². The Kier molecular flexibility index (Phi) is 5.06. The van der Waals surface area contributed by atoms with Crippen LogP contribution >= 0.6 is 11.3 Å². The summed E-state index contributed by atoms with van der Waals surface area (Å²) in [4.78, 5) is 37.9. The standard InChI is InChI=1S/C18H13F3N4O3S/c1-17(11-3-2-4-12(7-11)18(19,20)21)15(27)25(16(28)24-17)9-13(26)23-14-10(8-22)5-6-29-14/h2-7H,9H2,1H3,(H,23,26)(H,24,28). The van der Waals surface area contributed by atoms with Gasteiger partial charge in [0.2, 0.25) is 5.91 Å². The van der Waals surface area contributed by atoms with Crippen LogP contribution in [0, 0.1) is 11.3 Å². The van der Waals surface area contributed by atoms with Crippen LogP contribution in [0.25, 0.3) is 0 Å². The summed E-state index contributed by atoms with van der Waals surface area (Å²) in [6, 6.07) is 6.55. The van der Waals surface area contributed by atoms with Crippen LogP contribution in [-0.4, -0.2) is 29.3 Å². The van der Waals surface area contributed by atoms with Gasteiger partial charge in [0.25, 0.3) is 5.91 Å². The monoisotopic (exact) mass is 422 g/mol. The second-order valence-corrected chi connectivity index (χ2v) is 7.26. The first-order valence-electron chi connectivity index (χ1n) is 8.15. The summed E-state index contributed by atoms with van der Waals surface area (Å²) in [5.41, 5.74) is -2.54. The lowest BCUT2D eigenvalue weighted by Gasteiger charge is -2.23. The molecular weight excluding hydrogens is 409 g/mol. The zero-order valence-corrected chi connectivity index (χ0v) is 15.6. The number of imide groups is 1. The van der Waals surface area contributed by atoms with Crippen LogP contribution in [0.2, 0.25) is 0 Å². The van der Waals surface area contributed by atoms with E-state index in [1.54, 1.807) is 5.38 Å². The molecule has 1 aliphatic heterocycles. The Balaban J connectivity index is 1.80. The van der Waals surface area contributed by atoms with Gasteiger partial charge in [0, 0.05) is 0 Å². The zero-order valence-electron chi connectivity index (χ0n) is 14.8. The van der Waals surface area contributed by atoms with Crippen LogP contribution in [0.15, 0.2) is 35.7 Å². The maximum absolute atomic E-state index is 13.0. The molecule has 1 fully saturated rings. The molecule has 2 N–H and O–H groups in total. The Morgan fingerprint density at radius 3 is 2.72 bits per heavy atom. The lowest BCUT2D eigenvalue weighted by atomic mass is 9.90. The molecule has 1 aromatic heterocycles. The fraction of sp³-hybridized carbons (Fsp3) is 0.222. The highest BCUT2D eigenvalue weighted by atomic mass is 32.1. The third kappa shape index (κ3) is 3.79. The average Bonchev–Trinajstić information content (AvgIpc) is 3.19. The molecule has 1 aliphatic rings. The number of benzene rings is 1. The SMILES string of the molecule is CC1(c2cccc(C(F)(F)F)c2)NC(=O)N(CC(=O)Nc2sccc2C#N)C1=O. The van der Waals surface area contributed by atoms with Crippen molar-refractivity contribution in [2.45, 2.75) is 18.6 Å². The van der Waals surface area contributed by atoms with Gasteiger partial charge in [0.15, 0.2) is 0 Å². The molecule has 1 atom stereocenters. The highest BCUT2D eigenvalue weighted by molar-refractivity contribution is 7.14. The first-order valence-corrected chi connectivity index (χ1v) is 9.03. The number of hydrogen-bond donors (Lipinski definition) is 2. The summed E-state index contributed by atoms with van der Waals surface area (Å²) in [5.74, 6) is -1.58. The minimum atomic E-state index is -4.61. The normalized spacial score (nSPS) is 19.1. The van der Waals surface area contributed by atoms with Crippen molar-refractivity contribution in [1.29, 1.82) is 5.26 Å². The van der Waals surface area contributed by atoms with Gasteiger partial charge >= 0.3 is 12.2 Å². The maximum Gasteiger partial charge on any atom is 0.416 e. The number of urea groups is 1. The van der Waals surface area contributed by atoms with Crippen molar-refractivity contribution in [3.8, 4) is 6.07 Å². The number of carbonyl (C=O) groups is 3. The number of amides is 4. The van der Waals surface area contributed by atoms with Gasteiger partial charge in [-0.2, -0.15) is 18.4 Å². The molecule has 1 saturated heterocycles. The van der Waals surface area contributed by atoms with Crippen LogP contribution < -0.4 is 10.6 Å². The van der Waals surface area contributed by atoms with E-state index in [0.29, 0.717) is 4.90 Å². The minimum Gasteiger partial charge on any atom is -0.319 e. The van der Waals surface area contributed by atoms with Crippen molar-refractivity contribution < 1.29 is 27.6 Å². The molecule has 150 valence electrons. The van der Waals surface area contributed by atoms with Crippen molar-refractivity contribution in [3.05, 3.63) is 52.4 Å². The molecule has 0 aliphatic carbocycles. The predicted octanol–water partition coefficient (Wildman–Crippen LogP) is 3.04. The van der Waals surface area contributed by atoms with Gasteiger partial charge in [-0.05, 0) is 36.1 Å². The molecule has 0 saturated carbocycles. The number of anilines is 1. The Morgan fingerprint density at radius 2 is 2.07 bits per heavy atom. The zero-order chi connectivity index (χ0) is 21.4. The Hall–Kier alpha value is -3.39. The molecule has 7 nitrogen and oxygen atoms in total. The van der Waals surface area contributed by atoms with Gasteiger partial charge in [0.05, 0.1) is 11.1 Å². The number of hydrogen-bond acceptors (Lipinski definition) is 5. The van der Waals surface area contributed by atoms with Gasteiger partial charge in [0.1, 0.15) is 23.2 Å². The number of rotatable bonds is 4. The molecule has 1 unspecified atom stereocenters. The largest absolute Gasteiger partial charge is 0.416 e. The fourth-order valence-corrected chi connectivity index (χ4v) is 3.60. The maximum atomic E-state index is 13.0. The van der Waals surface area contributed by atoms with E-state index in [1.165, 1.54) is 19.1 Å². The van der Waals surface area contributed by atoms with Crippen LogP contribution in [0.3, 0.4) is 0 Å². The molecule has 11 heteroatoms. The third-order valence-corrected chi connectivity index (χ3v) is 5.21. The molecule has 4 amide bonds. The van der Waals surface area contributed by atoms with Gasteiger partial charge in [-0.3, -0.25) is 14.5 Å². The molecule has 29 heavy (non-hydrogen) atoms. The van der Waals surface area contributed by atoms with E-state index in [0.717, 1.165) is 29.5 Å². The van der Waals surface area contributed by atoms with Crippen LogP contribution in [0.4, 0.5) is 23.0 Å². The van der Waals surface area contributed by atoms with Crippen molar-refractivity contribution >= 4 is 34.2 Å². The number of nitrogens with one attached hydrogen (secondary N) is 2. The minimum absolute atomic E-state index is 0.0568. The molecule has 0 radical (unpaired) electrons. The number of thiophene rings is 1. The summed E-state index contributed by atoms with van der Waals surface area (Å²) >= 11 is 1.10. The van der Waals surface area contributed by atoms with Gasteiger partial charge in [-0.15, -0.1) is 11.3 Å². The number of nitrogens with zero attached hydrogens (tertiary/aromatic N) is 2. The number of halogens is 3. The van der Waals surface area contributed by atoms with Crippen LogP contribution in [0.1, 0.15) is 23.6 Å². The van der Waals surface area contributed by atoms with E-state index in [4.69, 9.17) is 5.26 Å². The van der Waals surface area contributed by atoms with Gasteiger partial charge in [-0.25, -0.2) is 4.79 Å². The third-order valence-electron chi connectivity index (χ3n) is 4.38. The summed E-state index contributed by atoms with van der Waals surface area (Å²) < 4.78 is 39.0. The molecular formula is C18H13F3N4O3S. The quantitative estimate of drug-likeness (QED) is 0.740. The second kappa shape index (κ2) is 7.21. The van der Waals surface area contributed by atoms with E-state index in [1.807, 2.05) is 6.07 Å². The number of nitriles is 1. The summed E-state index contributed by atoms with van der Waals surface area (Å²) in [7, 11) is 0. The van der Waals surface area contributed by atoms with Crippen molar-refractivity contribution in [1.82, 2.24) is 10.2 Å². The molecule has 2 heterocycles. The lowest BCUT2D eigenvalue weighted by molar-refractivity contribution is -0.138. The highest BCUT2D eigenvalue weighted by Crippen LogP contribution is 2.34. The van der Waals surface area contributed by atoms with Crippen LogP contribution in [0.5, 0.6) is 0 Å². The van der Waals surface area contributed by atoms with Gasteiger partial charge < -0.3 is 10.6 Å². The lowest BCUT2D eigenvalue weighted by Crippen LogP contribution is -2.42. The molecule has 1 aromatic carbocycles. The van der Waals surface area contributed by atoms with Crippen molar-refractivity contribution in [2.24, 2.45) is 0 Å². The summed E-state index contributed by atoms with van der Waals surface area (Å²) in [6.07, 6.45) is -4.61. The topological polar surface area (TPSA) is 102 Å². The molecule has 3 rings (SSSR count). The average molecular weight is 422 g/mol. The summed E-state index contributed by atoms with van der Waals surface area (Å²) in [5, 5.41) is 15.6. The fourth-order valence-electron chi connectivity index (χ4n) is 2.85. The number of alkyl halides is 3.